The van der Waals surface area contributed by atoms with Crippen LogP contribution >= 0.6 is 11.8 Å². The van der Waals surface area contributed by atoms with Gasteiger partial charge >= 0.3 is 0 Å². The molecule has 0 saturated heterocycles. The van der Waals surface area contributed by atoms with E-state index in [2.05, 4.69) is 20.8 Å². The third-order valence-electron chi connectivity index (χ3n) is 3.46. The number of carbonyl (C=O) groups is 1. The van der Waals surface area contributed by atoms with Gasteiger partial charge in [-0.05, 0) is 36.6 Å². The van der Waals surface area contributed by atoms with Crippen molar-refractivity contribution in [1.82, 2.24) is 25.5 Å². The van der Waals surface area contributed by atoms with Crippen molar-refractivity contribution in [2.45, 2.75) is 50.2 Å². The van der Waals surface area contributed by atoms with E-state index in [0.717, 1.165) is 24.4 Å². The predicted molar refractivity (Wildman–Crippen MR) is 80.2 cm³/mol. The minimum Gasteiger partial charge on any atom is -0.382 e. The van der Waals surface area contributed by atoms with Crippen LogP contribution in [0.15, 0.2) is 5.16 Å². The number of nitrogens with one attached hydrogen (secondary N) is 1. The fraction of sp³-hybridized carbons (Fsp3) is 0.846. The Morgan fingerprint density at radius 1 is 1.48 bits per heavy atom. The molecule has 0 spiro atoms. The standard InChI is InChI=1S/C13H23N5O2S/c1-2-20-9-5-8-14-12(19)10-21-13-15-16-17-18(13)11-6-3-4-7-11/h11H,2-10H2,1H3,(H,14,19). The summed E-state index contributed by atoms with van der Waals surface area (Å²) in [4.78, 5) is 11.8. The van der Waals surface area contributed by atoms with Crippen LogP contribution in [-0.2, 0) is 9.53 Å². The lowest BCUT2D eigenvalue weighted by Gasteiger charge is -2.10. The van der Waals surface area contributed by atoms with Gasteiger partial charge in [-0.25, -0.2) is 4.68 Å². The van der Waals surface area contributed by atoms with Crippen LogP contribution in [0.5, 0.6) is 0 Å². The molecule has 0 radical (unpaired) electrons. The zero-order chi connectivity index (χ0) is 14.9. The molecule has 21 heavy (non-hydrogen) atoms. The van der Waals surface area contributed by atoms with Gasteiger partial charge in [0.15, 0.2) is 0 Å². The maximum Gasteiger partial charge on any atom is 0.230 e. The Morgan fingerprint density at radius 3 is 3.05 bits per heavy atom. The Labute approximate surface area is 129 Å². The van der Waals surface area contributed by atoms with Crippen LogP contribution in [0.4, 0.5) is 0 Å². The van der Waals surface area contributed by atoms with Crippen molar-refractivity contribution in [3.8, 4) is 0 Å². The molecule has 0 atom stereocenters. The van der Waals surface area contributed by atoms with E-state index in [1.165, 1.54) is 24.6 Å². The number of tetrazole rings is 1. The molecule has 0 aromatic carbocycles. The summed E-state index contributed by atoms with van der Waals surface area (Å²) in [5.41, 5.74) is 0. The predicted octanol–water partition coefficient (Wildman–Crippen LogP) is 1.42. The summed E-state index contributed by atoms with van der Waals surface area (Å²) in [5, 5.41) is 15.4. The summed E-state index contributed by atoms with van der Waals surface area (Å²) in [6.45, 7) is 4.01. The van der Waals surface area contributed by atoms with Crippen molar-refractivity contribution >= 4 is 17.7 Å². The second-order valence-electron chi connectivity index (χ2n) is 5.03. The van der Waals surface area contributed by atoms with E-state index in [4.69, 9.17) is 4.74 Å². The van der Waals surface area contributed by atoms with Crippen molar-refractivity contribution in [2.24, 2.45) is 0 Å². The zero-order valence-corrected chi connectivity index (χ0v) is 13.3. The summed E-state index contributed by atoms with van der Waals surface area (Å²) in [5.74, 6) is 0.360. The van der Waals surface area contributed by atoms with E-state index in [-0.39, 0.29) is 5.91 Å². The van der Waals surface area contributed by atoms with Crippen molar-refractivity contribution < 1.29 is 9.53 Å². The second kappa shape index (κ2) is 8.99. The van der Waals surface area contributed by atoms with Crippen LogP contribution in [0, 0.1) is 0 Å². The molecule has 1 aliphatic carbocycles. The number of thioether (sulfide) groups is 1. The maximum atomic E-state index is 11.8. The fourth-order valence-electron chi connectivity index (χ4n) is 2.39. The first kappa shape index (κ1) is 16.2. The molecular weight excluding hydrogens is 290 g/mol. The first-order chi connectivity index (χ1) is 10.3. The Hall–Kier alpha value is -1.15. The van der Waals surface area contributed by atoms with Gasteiger partial charge in [0.05, 0.1) is 11.8 Å². The Kier molecular flexibility index (Phi) is 6.94. The maximum absolute atomic E-state index is 11.8. The molecule has 7 nitrogen and oxygen atoms in total. The smallest absolute Gasteiger partial charge is 0.230 e. The number of amides is 1. The molecule has 1 aliphatic rings. The van der Waals surface area contributed by atoms with Crippen molar-refractivity contribution in [1.29, 1.82) is 0 Å². The van der Waals surface area contributed by atoms with E-state index < -0.39 is 0 Å². The summed E-state index contributed by atoms with van der Waals surface area (Å²) in [6, 6.07) is 0.400. The summed E-state index contributed by atoms with van der Waals surface area (Å²) < 4.78 is 7.10. The molecule has 1 fully saturated rings. The number of rotatable bonds is 9. The van der Waals surface area contributed by atoms with E-state index in [0.29, 0.717) is 31.6 Å². The lowest BCUT2D eigenvalue weighted by atomic mass is 10.3. The molecule has 1 aromatic rings. The highest BCUT2D eigenvalue weighted by atomic mass is 32.2. The average molecular weight is 313 g/mol. The number of hydrogen-bond donors (Lipinski definition) is 1. The molecular formula is C13H23N5O2S. The molecule has 0 aliphatic heterocycles. The number of aromatic nitrogens is 4. The molecule has 0 unspecified atom stereocenters. The summed E-state index contributed by atoms with van der Waals surface area (Å²) in [7, 11) is 0. The fourth-order valence-corrected chi connectivity index (χ4v) is 3.16. The lowest BCUT2D eigenvalue weighted by Crippen LogP contribution is -2.27. The van der Waals surface area contributed by atoms with Gasteiger partial charge in [0, 0.05) is 19.8 Å². The van der Waals surface area contributed by atoms with Crippen LogP contribution in [0.2, 0.25) is 0 Å². The first-order valence-electron chi connectivity index (χ1n) is 7.56. The highest BCUT2D eigenvalue weighted by molar-refractivity contribution is 7.99. The third kappa shape index (κ3) is 5.28. The molecule has 1 amide bonds. The van der Waals surface area contributed by atoms with Gasteiger partial charge in [-0.15, -0.1) is 5.10 Å². The monoisotopic (exact) mass is 313 g/mol. The van der Waals surface area contributed by atoms with Gasteiger partial charge < -0.3 is 10.1 Å². The van der Waals surface area contributed by atoms with E-state index in [9.17, 15) is 4.79 Å². The van der Waals surface area contributed by atoms with Crippen LogP contribution in [0.3, 0.4) is 0 Å². The van der Waals surface area contributed by atoms with Gasteiger partial charge in [0.25, 0.3) is 0 Å². The number of nitrogens with zero attached hydrogens (tertiary/aromatic N) is 4. The SMILES string of the molecule is CCOCCCNC(=O)CSc1nnnn1C1CCCC1. The van der Waals surface area contributed by atoms with Crippen molar-refractivity contribution in [3.63, 3.8) is 0 Å². The van der Waals surface area contributed by atoms with Gasteiger partial charge in [0.2, 0.25) is 11.1 Å². The highest BCUT2D eigenvalue weighted by Gasteiger charge is 2.21. The van der Waals surface area contributed by atoms with Crippen LogP contribution < -0.4 is 5.32 Å². The zero-order valence-electron chi connectivity index (χ0n) is 12.5. The second-order valence-corrected chi connectivity index (χ2v) is 5.98. The van der Waals surface area contributed by atoms with E-state index >= 15 is 0 Å². The topological polar surface area (TPSA) is 81.9 Å². The Morgan fingerprint density at radius 2 is 2.29 bits per heavy atom. The largest absolute Gasteiger partial charge is 0.382 e. The lowest BCUT2D eigenvalue weighted by molar-refractivity contribution is -0.118. The van der Waals surface area contributed by atoms with Gasteiger partial charge in [-0.1, -0.05) is 24.6 Å². The quantitative estimate of drug-likeness (QED) is 0.548. The molecule has 1 heterocycles. The van der Waals surface area contributed by atoms with Gasteiger partial charge in [-0.2, -0.15) is 0 Å². The van der Waals surface area contributed by atoms with E-state index in [1.807, 2.05) is 11.6 Å². The van der Waals surface area contributed by atoms with Gasteiger partial charge in [0.1, 0.15) is 0 Å². The molecule has 0 bridgehead atoms. The molecule has 1 aromatic heterocycles. The number of ether oxygens (including phenoxy) is 1. The Balaban J connectivity index is 1.68. The molecule has 1 saturated carbocycles. The minimum absolute atomic E-state index is 0.0115. The van der Waals surface area contributed by atoms with Crippen molar-refractivity contribution in [3.05, 3.63) is 0 Å². The summed E-state index contributed by atoms with van der Waals surface area (Å²) in [6.07, 6.45) is 5.55. The minimum atomic E-state index is 0.0115. The number of carbonyl (C=O) groups excluding carboxylic acids is 1. The normalized spacial score (nSPS) is 15.5. The summed E-state index contributed by atoms with van der Waals surface area (Å²) >= 11 is 1.40. The average Bonchev–Trinajstić information content (AvgIpc) is 3.15. The van der Waals surface area contributed by atoms with Crippen molar-refractivity contribution in [2.75, 3.05) is 25.5 Å². The Bertz CT molecular complexity index is 434. The van der Waals surface area contributed by atoms with E-state index in [1.54, 1.807) is 0 Å². The molecule has 2 rings (SSSR count). The molecule has 118 valence electrons. The number of hydrogen-bond acceptors (Lipinski definition) is 6. The third-order valence-corrected chi connectivity index (χ3v) is 4.39. The van der Waals surface area contributed by atoms with Crippen LogP contribution in [0.25, 0.3) is 0 Å². The molecule has 1 N–H and O–H groups in total. The van der Waals surface area contributed by atoms with Crippen LogP contribution in [-0.4, -0.2) is 51.6 Å². The first-order valence-corrected chi connectivity index (χ1v) is 8.55. The van der Waals surface area contributed by atoms with Crippen LogP contribution in [0.1, 0.15) is 45.1 Å². The van der Waals surface area contributed by atoms with Gasteiger partial charge in [-0.3, -0.25) is 4.79 Å². The molecule has 8 heteroatoms. The highest BCUT2D eigenvalue weighted by Crippen LogP contribution is 2.31.